The molecule has 0 saturated carbocycles. The fourth-order valence-electron chi connectivity index (χ4n) is 3.43. The van der Waals surface area contributed by atoms with Crippen LogP contribution in [0.25, 0.3) is 0 Å². The quantitative estimate of drug-likeness (QED) is 0.819. The number of nitrogens with zero attached hydrogens (tertiary/aromatic N) is 2. The summed E-state index contributed by atoms with van der Waals surface area (Å²) in [5.74, 6) is -0.966. The summed E-state index contributed by atoms with van der Waals surface area (Å²) >= 11 is 0. The predicted molar refractivity (Wildman–Crippen MR) is 90.3 cm³/mol. The summed E-state index contributed by atoms with van der Waals surface area (Å²) in [5, 5.41) is 9.52. The van der Waals surface area contributed by atoms with Crippen LogP contribution in [-0.2, 0) is 17.6 Å². The number of aliphatic carboxylic acids is 1. The van der Waals surface area contributed by atoms with E-state index in [0.29, 0.717) is 6.42 Å². The predicted octanol–water partition coefficient (Wildman–Crippen LogP) is 2.71. The average molecular weight is 326 g/mol. The van der Waals surface area contributed by atoms with Gasteiger partial charge in [-0.2, -0.15) is 0 Å². The number of pyridine rings is 2. The summed E-state index contributed by atoms with van der Waals surface area (Å²) in [6, 6.07) is 8.27. The van der Waals surface area contributed by atoms with Crippen molar-refractivity contribution >= 4 is 5.97 Å². The van der Waals surface area contributed by atoms with E-state index < -0.39 is 5.97 Å². The van der Waals surface area contributed by atoms with Crippen LogP contribution < -0.4 is 9.35 Å². The van der Waals surface area contributed by atoms with Gasteiger partial charge in [-0.25, -0.2) is 0 Å². The van der Waals surface area contributed by atoms with Crippen molar-refractivity contribution in [3.8, 4) is 0 Å². The van der Waals surface area contributed by atoms with Crippen molar-refractivity contribution < 1.29 is 19.3 Å². The Bertz CT molecular complexity index is 700. The molecule has 4 heteroatoms. The molecule has 0 aliphatic carbocycles. The molecule has 0 radical (unpaired) electrons. The van der Waals surface area contributed by atoms with Crippen LogP contribution in [0.3, 0.4) is 0 Å². The molecule has 2 aromatic heterocycles. The molecule has 1 N–H and O–H groups in total. The normalized spacial score (nSPS) is 19.1. The second kappa shape index (κ2) is 8.04. The molecule has 1 atom stereocenters. The van der Waals surface area contributed by atoms with Crippen molar-refractivity contribution in [2.24, 2.45) is 5.92 Å². The summed E-state index contributed by atoms with van der Waals surface area (Å²) in [4.78, 5) is 11.6. The van der Waals surface area contributed by atoms with Crippen LogP contribution in [0.2, 0.25) is 0 Å². The van der Waals surface area contributed by atoms with Gasteiger partial charge in [0.25, 0.3) is 0 Å². The molecule has 1 unspecified atom stereocenters. The first-order valence-electron chi connectivity index (χ1n) is 8.96. The molecule has 0 saturated heterocycles. The molecule has 3 rings (SSSR count). The lowest BCUT2D eigenvalue weighted by Gasteiger charge is -2.11. The SMILES string of the molecule is O=C(O)C1CCCCCCCc2ccc[n+](c2)-[n+]2cccc(c2)C1. The Morgan fingerprint density at radius 3 is 2.29 bits per heavy atom. The number of hydrogen-bond acceptors (Lipinski definition) is 1. The van der Waals surface area contributed by atoms with Crippen LogP contribution in [-0.4, -0.2) is 11.1 Å². The Hall–Kier alpha value is -2.23. The lowest BCUT2D eigenvalue weighted by Crippen LogP contribution is -2.65. The van der Waals surface area contributed by atoms with Crippen molar-refractivity contribution in [2.45, 2.75) is 51.4 Å². The van der Waals surface area contributed by atoms with E-state index in [0.717, 1.165) is 31.2 Å². The minimum atomic E-state index is -0.677. The number of hydrogen-bond donors (Lipinski definition) is 1. The van der Waals surface area contributed by atoms with Crippen LogP contribution in [0.5, 0.6) is 0 Å². The fraction of sp³-hybridized carbons (Fsp3) is 0.450. The third-order valence-corrected chi connectivity index (χ3v) is 4.81. The Labute approximate surface area is 143 Å². The fourth-order valence-corrected chi connectivity index (χ4v) is 3.43. The van der Waals surface area contributed by atoms with Crippen LogP contribution in [0, 0.1) is 5.92 Å². The summed E-state index contributed by atoms with van der Waals surface area (Å²) in [6.07, 6.45) is 16.4. The maximum Gasteiger partial charge on any atom is 0.306 e. The van der Waals surface area contributed by atoms with Gasteiger partial charge in [0.05, 0.1) is 15.3 Å². The van der Waals surface area contributed by atoms with E-state index in [9.17, 15) is 9.90 Å². The summed E-state index contributed by atoms with van der Waals surface area (Å²) in [7, 11) is 0. The molecule has 0 spiro atoms. The minimum Gasteiger partial charge on any atom is -0.481 e. The topological polar surface area (TPSA) is 45.1 Å². The molecule has 3 heterocycles. The summed E-state index contributed by atoms with van der Waals surface area (Å²) in [6.45, 7) is 0. The van der Waals surface area contributed by atoms with E-state index in [1.54, 1.807) is 0 Å². The number of aryl methyl sites for hydroxylation is 1. The summed E-state index contributed by atoms with van der Waals surface area (Å²) in [5.41, 5.74) is 2.41. The molecule has 0 fully saturated rings. The van der Waals surface area contributed by atoms with Crippen molar-refractivity contribution in [1.82, 2.24) is 0 Å². The molecule has 4 bridgehead atoms. The van der Waals surface area contributed by atoms with Crippen LogP contribution >= 0.6 is 0 Å². The van der Waals surface area contributed by atoms with Gasteiger partial charge >= 0.3 is 5.97 Å². The Balaban J connectivity index is 1.91. The third-order valence-electron chi connectivity index (χ3n) is 4.81. The highest BCUT2D eigenvalue weighted by atomic mass is 16.4. The van der Waals surface area contributed by atoms with Crippen molar-refractivity contribution in [2.75, 3.05) is 0 Å². The number of carbonyl (C=O) groups is 1. The summed E-state index contributed by atoms with van der Waals surface area (Å²) < 4.78 is 4.09. The third kappa shape index (κ3) is 4.40. The Morgan fingerprint density at radius 1 is 0.917 bits per heavy atom. The highest BCUT2D eigenvalue weighted by Crippen LogP contribution is 2.17. The number of carboxylic acids is 1. The molecular weight excluding hydrogens is 300 g/mol. The van der Waals surface area contributed by atoms with E-state index in [1.807, 2.05) is 35.4 Å². The van der Waals surface area contributed by atoms with Crippen LogP contribution in [0.15, 0.2) is 49.1 Å². The molecule has 0 aromatic carbocycles. The number of aromatic nitrogens is 2. The van der Waals surface area contributed by atoms with Gasteiger partial charge in [-0.05, 0) is 37.8 Å². The number of carboxylic acid groups (broad SMARTS) is 1. The molecule has 0 amide bonds. The minimum absolute atomic E-state index is 0.290. The van der Waals surface area contributed by atoms with E-state index in [-0.39, 0.29) is 5.92 Å². The highest BCUT2D eigenvalue weighted by Gasteiger charge is 2.21. The maximum absolute atomic E-state index is 11.6. The number of rotatable bonds is 1. The molecular formula is C20H26N2O2+2. The number of fused-ring (bicyclic) bond motifs is 5. The van der Waals surface area contributed by atoms with E-state index in [4.69, 9.17) is 0 Å². The molecule has 126 valence electrons. The Morgan fingerprint density at radius 2 is 1.54 bits per heavy atom. The second-order valence-electron chi connectivity index (χ2n) is 6.73. The van der Waals surface area contributed by atoms with Crippen LogP contribution in [0.1, 0.15) is 49.7 Å². The average Bonchev–Trinajstić information content (AvgIpc) is 2.60. The molecule has 4 nitrogen and oxygen atoms in total. The first-order valence-corrected chi connectivity index (χ1v) is 8.96. The van der Waals surface area contributed by atoms with E-state index in [2.05, 4.69) is 23.0 Å². The lowest BCUT2D eigenvalue weighted by molar-refractivity contribution is -1.30. The standard InChI is InChI=1S/C20H25N2O2/c23-20(24)19-11-5-3-1-2-4-8-17-9-6-12-21(15-17)22-13-7-10-18(14-19)16-22/h6-7,9-10,12-13,15-16,19H,1-5,8,11,14H2/q+1/p+1. The molecule has 24 heavy (non-hydrogen) atoms. The zero-order valence-corrected chi connectivity index (χ0v) is 14.1. The van der Waals surface area contributed by atoms with Gasteiger partial charge in [-0.3, -0.25) is 4.79 Å². The zero-order chi connectivity index (χ0) is 16.8. The van der Waals surface area contributed by atoms with E-state index in [1.165, 1.54) is 24.8 Å². The zero-order valence-electron chi connectivity index (χ0n) is 14.1. The lowest BCUT2D eigenvalue weighted by atomic mass is 9.94. The van der Waals surface area contributed by atoms with Gasteiger partial charge in [-0.1, -0.05) is 25.7 Å². The second-order valence-corrected chi connectivity index (χ2v) is 6.73. The van der Waals surface area contributed by atoms with Gasteiger partial charge in [-0.15, -0.1) is 0 Å². The highest BCUT2D eigenvalue weighted by molar-refractivity contribution is 5.70. The van der Waals surface area contributed by atoms with Gasteiger partial charge in [0.1, 0.15) is 0 Å². The first kappa shape index (κ1) is 16.6. The van der Waals surface area contributed by atoms with Gasteiger partial charge in [0, 0.05) is 23.3 Å². The van der Waals surface area contributed by atoms with Gasteiger partial charge in [0.15, 0.2) is 0 Å². The van der Waals surface area contributed by atoms with Crippen molar-refractivity contribution in [3.63, 3.8) is 0 Å². The maximum atomic E-state index is 11.6. The Kier molecular flexibility index (Phi) is 5.57. The first-order chi connectivity index (χ1) is 11.7. The van der Waals surface area contributed by atoms with Gasteiger partial charge in [0.2, 0.25) is 24.8 Å². The largest absolute Gasteiger partial charge is 0.481 e. The van der Waals surface area contributed by atoms with Crippen molar-refractivity contribution in [1.29, 1.82) is 0 Å². The smallest absolute Gasteiger partial charge is 0.306 e. The molecule has 2 aromatic rings. The monoisotopic (exact) mass is 326 g/mol. The van der Waals surface area contributed by atoms with Gasteiger partial charge < -0.3 is 5.11 Å². The molecule has 1 aliphatic rings. The van der Waals surface area contributed by atoms with Crippen molar-refractivity contribution in [3.05, 3.63) is 60.2 Å². The van der Waals surface area contributed by atoms with Crippen LogP contribution in [0.4, 0.5) is 0 Å². The molecule has 1 aliphatic heterocycles. The van der Waals surface area contributed by atoms with E-state index >= 15 is 0 Å².